The number of carboxylic acid groups (broad SMARTS) is 1. The monoisotopic (exact) mass is 392 g/mol. The zero-order valence-electron chi connectivity index (χ0n) is 13.8. The molecule has 2 aromatic rings. The van der Waals surface area contributed by atoms with Gasteiger partial charge in [0.25, 0.3) is 0 Å². The molecule has 24 heavy (non-hydrogen) atoms. The van der Waals surface area contributed by atoms with Crippen molar-refractivity contribution < 1.29 is 14.3 Å². The minimum absolute atomic E-state index is 0.189. The molecule has 0 saturated carbocycles. The van der Waals surface area contributed by atoms with Crippen LogP contribution in [0, 0.1) is 5.92 Å². The van der Waals surface area contributed by atoms with Crippen LogP contribution in [-0.2, 0) is 11.3 Å². The van der Waals surface area contributed by atoms with Crippen molar-refractivity contribution in [3.63, 3.8) is 0 Å². The third-order valence-electron chi connectivity index (χ3n) is 4.74. The van der Waals surface area contributed by atoms with Crippen LogP contribution in [0.4, 0.5) is 0 Å². The lowest BCUT2D eigenvalue weighted by Crippen LogP contribution is -2.47. The molecule has 0 spiro atoms. The smallest absolute Gasteiger partial charge is 0.306 e. The average molecular weight is 393 g/mol. The third kappa shape index (κ3) is 3.54. The van der Waals surface area contributed by atoms with Gasteiger partial charge in [-0.15, -0.1) is 0 Å². The molecule has 1 fully saturated rings. The SMILES string of the molecule is CC1CC(C(=O)O)CC(C)N1Cc1ncc(-c2ccccc2Br)o1. The minimum atomic E-state index is -0.694. The number of rotatable bonds is 4. The highest BCUT2D eigenvalue weighted by molar-refractivity contribution is 9.10. The van der Waals surface area contributed by atoms with E-state index in [9.17, 15) is 9.90 Å². The van der Waals surface area contributed by atoms with Gasteiger partial charge >= 0.3 is 5.97 Å². The van der Waals surface area contributed by atoms with Crippen molar-refractivity contribution in [2.75, 3.05) is 0 Å². The van der Waals surface area contributed by atoms with Crippen molar-refractivity contribution in [3.8, 4) is 11.3 Å². The summed E-state index contributed by atoms with van der Waals surface area (Å²) in [7, 11) is 0. The molecule has 1 aromatic heterocycles. The Balaban J connectivity index is 1.73. The number of hydrogen-bond acceptors (Lipinski definition) is 4. The van der Waals surface area contributed by atoms with Crippen molar-refractivity contribution in [1.82, 2.24) is 9.88 Å². The Hall–Kier alpha value is -1.66. The van der Waals surface area contributed by atoms with E-state index in [0.717, 1.165) is 15.8 Å². The van der Waals surface area contributed by atoms with Crippen LogP contribution in [0.2, 0.25) is 0 Å². The fourth-order valence-corrected chi connectivity index (χ4v) is 3.94. The number of aliphatic carboxylic acids is 1. The quantitative estimate of drug-likeness (QED) is 0.844. The Kier molecular flexibility index (Phi) is 5.06. The maximum Gasteiger partial charge on any atom is 0.306 e. The molecule has 3 rings (SSSR count). The summed E-state index contributed by atoms with van der Waals surface area (Å²) in [5, 5.41) is 9.25. The van der Waals surface area contributed by atoms with E-state index in [2.05, 4.69) is 39.7 Å². The predicted octanol–water partition coefficient (Wildman–Crippen LogP) is 4.18. The van der Waals surface area contributed by atoms with Gasteiger partial charge in [0, 0.05) is 22.1 Å². The Morgan fingerprint density at radius 2 is 2.00 bits per heavy atom. The van der Waals surface area contributed by atoms with E-state index in [-0.39, 0.29) is 18.0 Å². The van der Waals surface area contributed by atoms with Gasteiger partial charge in [-0.05, 0) is 32.8 Å². The summed E-state index contributed by atoms with van der Waals surface area (Å²) in [6.07, 6.45) is 3.07. The normalized spacial score (nSPS) is 24.9. The average Bonchev–Trinajstić information content (AvgIpc) is 2.99. The van der Waals surface area contributed by atoms with Crippen LogP contribution in [0.25, 0.3) is 11.3 Å². The second kappa shape index (κ2) is 7.07. The number of carboxylic acids is 1. The number of hydrogen-bond donors (Lipinski definition) is 1. The first-order valence-corrected chi connectivity index (χ1v) is 8.93. The van der Waals surface area contributed by atoms with Crippen LogP contribution in [0.5, 0.6) is 0 Å². The summed E-state index contributed by atoms with van der Waals surface area (Å²) in [5.41, 5.74) is 0.974. The lowest BCUT2D eigenvalue weighted by molar-refractivity contribution is -0.145. The van der Waals surface area contributed by atoms with E-state index in [0.29, 0.717) is 25.3 Å². The van der Waals surface area contributed by atoms with Crippen LogP contribution < -0.4 is 0 Å². The van der Waals surface area contributed by atoms with Crippen LogP contribution in [0.1, 0.15) is 32.6 Å². The van der Waals surface area contributed by atoms with E-state index in [1.807, 2.05) is 24.3 Å². The standard InChI is InChI=1S/C18H21BrN2O3/c1-11-7-13(18(22)23)8-12(2)21(11)10-17-20-9-16(24-17)14-5-3-4-6-15(14)19/h3-6,9,11-13H,7-8,10H2,1-2H3,(H,22,23). The van der Waals surface area contributed by atoms with Crippen molar-refractivity contribution >= 4 is 21.9 Å². The summed E-state index contributed by atoms with van der Waals surface area (Å²) in [6.45, 7) is 4.74. The largest absolute Gasteiger partial charge is 0.481 e. The third-order valence-corrected chi connectivity index (χ3v) is 5.44. The predicted molar refractivity (Wildman–Crippen MR) is 94.5 cm³/mol. The van der Waals surface area contributed by atoms with E-state index < -0.39 is 5.97 Å². The molecular formula is C18H21BrN2O3. The molecule has 5 nitrogen and oxygen atoms in total. The van der Waals surface area contributed by atoms with E-state index >= 15 is 0 Å². The highest BCUT2D eigenvalue weighted by Crippen LogP contribution is 2.31. The van der Waals surface area contributed by atoms with E-state index in [4.69, 9.17) is 4.42 Å². The van der Waals surface area contributed by atoms with Gasteiger partial charge in [0.15, 0.2) is 5.76 Å². The molecule has 0 amide bonds. The van der Waals surface area contributed by atoms with Gasteiger partial charge in [-0.1, -0.05) is 34.1 Å². The molecule has 1 aliphatic rings. The fourth-order valence-electron chi connectivity index (χ4n) is 3.46. The van der Waals surface area contributed by atoms with Crippen LogP contribution in [0.3, 0.4) is 0 Å². The number of benzene rings is 1. The first kappa shape index (κ1) is 17.2. The molecule has 0 bridgehead atoms. The van der Waals surface area contributed by atoms with E-state index in [1.54, 1.807) is 6.20 Å². The summed E-state index contributed by atoms with van der Waals surface area (Å²) in [5.74, 6) is 0.443. The van der Waals surface area contributed by atoms with Gasteiger partial charge in [-0.2, -0.15) is 0 Å². The molecule has 1 saturated heterocycles. The number of carbonyl (C=O) groups is 1. The second-order valence-electron chi connectivity index (χ2n) is 6.48. The molecule has 1 aliphatic heterocycles. The van der Waals surface area contributed by atoms with Crippen molar-refractivity contribution in [2.45, 2.75) is 45.3 Å². The molecule has 0 radical (unpaired) electrons. The van der Waals surface area contributed by atoms with Gasteiger partial charge in [-0.3, -0.25) is 9.69 Å². The Labute approximate surface area is 149 Å². The molecule has 6 heteroatoms. The zero-order chi connectivity index (χ0) is 17.3. The Bertz CT molecular complexity index is 719. The maximum atomic E-state index is 11.2. The molecule has 128 valence electrons. The Morgan fingerprint density at radius 1 is 1.33 bits per heavy atom. The Morgan fingerprint density at radius 3 is 2.62 bits per heavy atom. The van der Waals surface area contributed by atoms with E-state index in [1.165, 1.54) is 0 Å². The summed E-state index contributed by atoms with van der Waals surface area (Å²) >= 11 is 3.53. The van der Waals surface area contributed by atoms with Gasteiger partial charge in [-0.25, -0.2) is 4.98 Å². The topological polar surface area (TPSA) is 66.6 Å². The highest BCUT2D eigenvalue weighted by atomic mass is 79.9. The number of likely N-dealkylation sites (tertiary alicyclic amines) is 1. The number of nitrogens with zero attached hydrogens (tertiary/aromatic N) is 2. The molecule has 2 atom stereocenters. The van der Waals surface area contributed by atoms with Crippen molar-refractivity contribution in [2.24, 2.45) is 5.92 Å². The van der Waals surface area contributed by atoms with Crippen molar-refractivity contribution in [3.05, 3.63) is 40.8 Å². The number of oxazole rings is 1. The summed E-state index contributed by atoms with van der Waals surface area (Å²) in [6, 6.07) is 8.25. The van der Waals surface area contributed by atoms with Crippen LogP contribution >= 0.6 is 15.9 Å². The minimum Gasteiger partial charge on any atom is -0.481 e. The van der Waals surface area contributed by atoms with Crippen LogP contribution in [0.15, 0.2) is 39.4 Å². The molecule has 1 N–H and O–H groups in total. The fraction of sp³-hybridized carbons (Fsp3) is 0.444. The zero-order valence-corrected chi connectivity index (χ0v) is 15.4. The maximum absolute atomic E-state index is 11.2. The lowest BCUT2D eigenvalue weighted by Gasteiger charge is -2.40. The van der Waals surface area contributed by atoms with Gasteiger partial charge in [0.2, 0.25) is 5.89 Å². The second-order valence-corrected chi connectivity index (χ2v) is 7.33. The molecule has 0 aliphatic carbocycles. The van der Waals surface area contributed by atoms with Gasteiger partial charge < -0.3 is 9.52 Å². The highest BCUT2D eigenvalue weighted by Gasteiger charge is 2.34. The van der Waals surface area contributed by atoms with Gasteiger partial charge in [0.1, 0.15) is 0 Å². The van der Waals surface area contributed by atoms with Crippen molar-refractivity contribution in [1.29, 1.82) is 0 Å². The molecular weight excluding hydrogens is 372 g/mol. The first-order chi connectivity index (χ1) is 11.5. The number of halogens is 1. The lowest BCUT2D eigenvalue weighted by atomic mass is 9.87. The molecule has 2 heterocycles. The summed E-state index contributed by atoms with van der Waals surface area (Å²) in [4.78, 5) is 17.9. The summed E-state index contributed by atoms with van der Waals surface area (Å²) < 4.78 is 6.89. The number of aromatic nitrogens is 1. The van der Waals surface area contributed by atoms with Crippen LogP contribution in [-0.4, -0.2) is 33.0 Å². The molecule has 2 unspecified atom stereocenters. The molecule has 1 aromatic carbocycles. The first-order valence-electron chi connectivity index (χ1n) is 8.14. The number of piperidine rings is 1. The van der Waals surface area contributed by atoms with Gasteiger partial charge in [0.05, 0.1) is 18.7 Å².